The Morgan fingerprint density at radius 1 is 0.790 bits per heavy atom. The standard InChI is InChI=1S/C50H77N3O9/c1-59-40-28-35-22-23-52(30-36(35)29-41(40)60-2)47(56)42-44-48(57)62-45(33-14-7-4-8-15-33)43(32-12-5-3-6-13-32)53(44)46(34-17-19-37(20-18-34)61-26-25-55)50(42)38-27-31(11-9-10-24-54)16-21-39(38)51-49(50)58/h31-46,54-55H,3-8,10,12-30H2,1-2H3,(H,51,58)/t31?,34?,35?,36?,37?,38?,39?,40?,41?,42-,43-,44-,45+,46+,50-/m1/s1. The van der Waals surface area contributed by atoms with Crippen LogP contribution < -0.4 is 5.32 Å². The van der Waals surface area contributed by atoms with Gasteiger partial charge in [-0.15, -0.1) is 5.92 Å². The SMILES string of the molecule is COC1CC2CCN(C(=O)[C@H]3[C@@H]4C(=O)O[C@@H](C5CCCCC5)[C@@H](C5CCCCC5)N4[C@@H](C4CCC(OCCO)CC4)[C@]34C(=O)NC3CCC(C#CCCO)CC34)CC2CC1OC. The lowest BCUT2D eigenvalue weighted by molar-refractivity contribution is -0.191. The molecule has 346 valence electrons. The zero-order valence-corrected chi connectivity index (χ0v) is 37.8. The number of fused-ring (bicyclic) bond motifs is 4. The third-order valence-electron chi connectivity index (χ3n) is 18.3. The number of piperidine rings is 1. The van der Waals surface area contributed by atoms with E-state index in [0.717, 1.165) is 109 Å². The highest BCUT2D eigenvalue weighted by Crippen LogP contribution is 2.64. The van der Waals surface area contributed by atoms with Crippen molar-refractivity contribution in [2.75, 3.05) is 47.1 Å². The smallest absolute Gasteiger partial charge is 0.324 e. The van der Waals surface area contributed by atoms with Crippen molar-refractivity contribution >= 4 is 17.8 Å². The number of hydrogen-bond donors (Lipinski definition) is 3. The Morgan fingerprint density at radius 2 is 1.48 bits per heavy atom. The Balaban J connectivity index is 1.18. The fourth-order valence-electron chi connectivity index (χ4n) is 15.6. The molecule has 0 aromatic rings. The minimum absolute atomic E-state index is 0.0114. The van der Waals surface area contributed by atoms with Crippen LogP contribution >= 0.6 is 0 Å². The first-order valence-electron chi connectivity index (χ1n) is 25.3. The van der Waals surface area contributed by atoms with Gasteiger partial charge in [-0.25, -0.2) is 0 Å². The molecule has 62 heavy (non-hydrogen) atoms. The molecule has 0 bridgehead atoms. The highest BCUT2D eigenvalue weighted by atomic mass is 16.6. The van der Waals surface area contributed by atoms with Crippen LogP contribution in [0, 0.1) is 64.6 Å². The third kappa shape index (κ3) is 8.18. The first-order valence-corrected chi connectivity index (χ1v) is 25.3. The van der Waals surface area contributed by atoms with E-state index in [0.29, 0.717) is 44.4 Å². The van der Waals surface area contributed by atoms with Gasteiger partial charge in [0.1, 0.15) is 12.1 Å². The Labute approximate surface area is 370 Å². The molecule has 9 aliphatic rings. The summed E-state index contributed by atoms with van der Waals surface area (Å²) >= 11 is 0. The fourth-order valence-corrected chi connectivity index (χ4v) is 15.6. The molecule has 12 heteroatoms. The van der Waals surface area contributed by atoms with Gasteiger partial charge >= 0.3 is 5.97 Å². The van der Waals surface area contributed by atoms with E-state index in [1.165, 1.54) is 12.8 Å². The summed E-state index contributed by atoms with van der Waals surface area (Å²) in [5, 5.41) is 22.9. The molecule has 1 spiro atoms. The van der Waals surface area contributed by atoms with Crippen LogP contribution in [0.1, 0.15) is 135 Å². The number of ether oxygens (including phenoxy) is 4. The molecule has 4 aliphatic heterocycles. The number of rotatable bonds is 10. The molecule has 9 rings (SSSR count). The van der Waals surface area contributed by atoms with Crippen LogP contribution in [0.15, 0.2) is 0 Å². The van der Waals surface area contributed by atoms with E-state index in [4.69, 9.17) is 18.9 Å². The van der Waals surface area contributed by atoms with Gasteiger partial charge in [-0.1, -0.05) is 44.4 Å². The Morgan fingerprint density at radius 3 is 2.16 bits per heavy atom. The second kappa shape index (κ2) is 19.7. The van der Waals surface area contributed by atoms with E-state index < -0.39 is 17.4 Å². The molecule has 5 aliphatic carbocycles. The third-order valence-corrected chi connectivity index (χ3v) is 18.3. The molecule has 4 saturated heterocycles. The van der Waals surface area contributed by atoms with Gasteiger partial charge in [0, 0.05) is 51.7 Å². The lowest BCUT2D eigenvalue weighted by atomic mass is 9.55. The van der Waals surface area contributed by atoms with E-state index >= 15 is 14.4 Å². The highest BCUT2D eigenvalue weighted by Gasteiger charge is 2.78. The number of cyclic esters (lactones) is 1. The predicted molar refractivity (Wildman–Crippen MR) is 232 cm³/mol. The molecule has 12 nitrogen and oxygen atoms in total. The molecule has 2 amide bonds. The van der Waals surface area contributed by atoms with E-state index in [-0.39, 0.29) is 103 Å². The van der Waals surface area contributed by atoms with Gasteiger partial charge in [0.15, 0.2) is 0 Å². The van der Waals surface area contributed by atoms with Crippen LogP contribution in [-0.4, -0.2) is 134 Å². The number of nitrogens with zero attached hydrogens (tertiary/aromatic N) is 2. The van der Waals surface area contributed by atoms with Crippen molar-refractivity contribution in [3.8, 4) is 11.8 Å². The summed E-state index contributed by atoms with van der Waals surface area (Å²) in [6.45, 7) is 1.50. The molecular formula is C50H77N3O9. The van der Waals surface area contributed by atoms with Gasteiger partial charge in [-0.2, -0.15) is 0 Å². The summed E-state index contributed by atoms with van der Waals surface area (Å²) < 4.78 is 25.0. The fraction of sp³-hybridized carbons (Fsp3) is 0.900. The van der Waals surface area contributed by atoms with Gasteiger partial charge in [0.25, 0.3) is 0 Å². The number of esters is 1. The second-order valence-corrected chi connectivity index (χ2v) is 21.2. The van der Waals surface area contributed by atoms with Gasteiger partial charge in [0.05, 0.1) is 55.5 Å². The van der Waals surface area contributed by atoms with Crippen molar-refractivity contribution in [3.63, 3.8) is 0 Å². The average Bonchev–Trinajstić information content (AvgIpc) is 3.79. The van der Waals surface area contributed by atoms with Crippen molar-refractivity contribution in [3.05, 3.63) is 0 Å². The van der Waals surface area contributed by atoms with Crippen molar-refractivity contribution in [2.45, 2.75) is 183 Å². The first-order chi connectivity index (χ1) is 30.3. The molecule has 13 atom stereocenters. The zero-order chi connectivity index (χ0) is 43.0. The van der Waals surface area contributed by atoms with Crippen LogP contribution in [0.3, 0.4) is 0 Å². The molecular weight excluding hydrogens is 787 g/mol. The van der Waals surface area contributed by atoms with E-state index in [9.17, 15) is 10.2 Å². The minimum Gasteiger partial charge on any atom is -0.459 e. The predicted octanol–water partition coefficient (Wildman–Crippen LogP) is 5.25. The molecule has 3 N–H and O–H groups in total. The molecule has 7 unspecified atom stereocenters. The topological polar surface area (TPSA) is 147 Å². The number of nitrogens with one attached hydrogen (secondary N) is 1. The molecule has 9 fully saturated rings. The molecule has 4 heterocycles. The van der Waals surface area contributed by atoms with E-state index in [1.807, 2.05) is 0 Å². The van der Waals surface area contributed by atoms with Crippen LogP contribution in [0.4, 0.5) is 0 Å². The molecule has 5 saturated carbocycles. The Bertz CT molecular complexity index is 1630. The zero-order valence-electron chi connectivity index (χ0n) is 37.8. The van der Waals surface area contributed by atoms with E-state index in [1.54, 1.807) is 14.2 Å². The lowest BCUT2D eigenvalue weighted by Crippen LogP contribution is -2.66. The minimum atomic E-state index is -1.14. The van der Waals surface area contributed by atoms with Gasteiger partial charge in [0.2, 0.25) is 11.8 Å². The number of carbonyl (C=O) groups excluding carboxylic acids is 3. The highest BCUT2D eigenvalue weighted by molar-refractivity contribution is 5.99. The van der Waals surface area contributed by atoms with Crippen molar-refractivity contribution in [1.82, 2.24) is 15.1 Å². The number of hydrogen-bond acceptors (Lipinski definition) is 10. The average molecular weight is 864 g/mol. The molecule has 0 radical (unpaired) electrons. The maximum atomic E-state index is 16.2. The van der Waals surface area contributed by atoms with Crippen molar-refractivity contribution in [1.29, 1.82) is 0 Å². The maximum Gasteiger partial charge on any atom is 0.324 e. The van der Waals surface area contributed by atoms with Crippen LogP contribution in [0.25, 0.3) is 0 Å². The summed E-state index contributed by atoms with van der Waals surface area (Å²) in [5.74, 6) is 6.72. The second-order valence-electron chi connectivity index (χ2n) is 21.2. The van der Waals surface area contributed by atoms with Gasteiger partial charge in [-0.3, -0.25) is 19.3 Å². The Hall–Kier alpha value is -2.27. The molecule has 0 aromatic heterocycles. The first kappa shape index (κ1) is 44.9. The van der Waals surface area contributed by atoms with Crippen LogP contribution in [0.5, 0.6) is 0 Å². The number of carbonyl (C=O) groups is 3. The van der Waals surface area contributed by atoms with Crippen molar-refractivity contribution in [2.24, 2.45) is 52.8 Å². The maximum absolute atomic E-state index is 16.2. The number of aliphatic hydroxyl groups is 2. The molecule has 0 aromatic carbocycles. The monoisotopic (exact) mass is 864 g/mol. The van der Waals surface area contributed by atoms with E-state index in [2.05, 4.69) is 27.0 Å². The van der Waals surface area contributed by atoms with Crippen molar-refractivity contribution < 1.29 is 43.5 Å². The number of amides is 2. The van der Waals surface area contributed by atoms with Crippen LogP contribution in [0.2, 0.25) is 0 Å². The number of aliphatic hydroxyl groups excluding tert-OH is 2. The summed E-state index contributed by atoms with van der Waals surface area (Å²) in [6, 6.07) is -1.28. The number of likely N-dealkylation sites (tertiary alicyclic amines) is 1. The summed E-state index contributed by atoms with van der Waals surface area (Å²) in [5.41, 5.74) is -1.14. The largest absolute Gasteiger partial charge is 0.459 e. The summed E-state index contributed by atoms with van der Waals surface area (Å²) in [6.07, 6.45) is 19.7. The Kier molecular flexibility index (Phi) is 14.3. The van der Waals surface area contributed by atoms with Gasteiger partial charge < -0.3 is 39.4 Å². The summed E-state index contributed by atoms with van der Waals surface area (Å²) in [4.78, 5) is 52.3. The summed E-state index contributed by atoms with van der Waals surface area (Å²) in [7, 11) is 3.52. The number of methoxy groups -OCH3 is 2. The van der Waals surface area contributed by atoms with Crippen LogP contribution in [-0.2, 0) is 33.3 Å². The van der Waals surface area contributed by atoms with Gasteiger partial charge in [-0.05, 0) is 125 Å². The quantitative estimate of drug-likeness (QED) is 0.197. The lowest BCUT2D eigenvalue weighted by Gasteiger charge is -2.54. The number of morpholine rings is 1. The normalized spacial score (nSPS) is 42.9.